The number of hydrogen-bond donors (Lipinski definition) is 1. The molecule has 19 heavy (non-hydrogen) atoms. The van der Waals surface area contributed by atoms with Gasteiger partial charge >= 0.3 is 0 Å². The fourth-order valence-corrected chi connectivity index (χ4v) is 2.41. The Balaban J connectivity index is 2.25. The van der Waals surface area contributed by atoms with Crippen LogP contribution in [0.2, 0.25) is 15.1 Å². The minimum absolute atomic E-state index is 0.120. The highest BCUT2D eigenvalue weighted by molar-refractivity contribution is 6.42. The van der Waals surface area contributed by atoms with Crippen LogP contribution in [0.5, 0.6) is 0 Å². The van der Waals surface area contributed by atoms with Gasteiger partial charge in [0.25, 0.3) is 0 Å². The molecule has 2 rings (SSSR count). The van der Waals surface area contributed by atoms with Crippen LogP contribution >= 0.6 is 34.8 Å². The van der Waals surface area contributed by atoms with Crippen molar-refractivity contribution in [2.24, 2.45) is 0 Å². The van der Waals surface area contributed by atoms with Crippen molar-refractivity contribution in [1.29, 1.82) is 0 Å². The predicted octanol–water partition coefficient (Wildman–Crippen LogP) is 4.55. The van der Waals surface area contributed by atoms with E-state index in [0.29, 0.717) is 15.1 Å². The maximum absolute atomic E-state index is 6.13. The van der Waals surface area contributed by atoms with E-state index < -0.39 is 0 Å². The lowest BCUT2D eigenvalue weighted by Crippen LogP contribution is -2.19. The molecule has 0 aliphatic rings. The fourth-order valence-electron chi connectivity index (χ4n) is 1.91. The van der Waals surface area contributed by atoms with E-state index in [4.69, 9.17) is 34.8 Å². The second-order valence-corrected chi connectivity index (χ2v) is 5.41. The number of nitrogens with zero attached hydrogens (tertiary/aromatic N) is 1. The monoisotopic (exact) mass is 314 g/mol. The zero-order valence-electron chi connectivity index (χ0n) is 10.3. The first-order chi connectivity index (χ1) is 9.11. The molecule has 0 saturated carbocycles. The molecule has 0 saturated heterocycles. The summed E-state index contributed by atoms with van der Waals surface area (Å²) in [6.07, 6.45) is 4.15. The van der Waals surface area contributed by atoms with Crippen LogP contribution in [-0.4, -0.2) is 12.0 Å². The number of rotatable bonds is 4. The summed E-state index contributed by atoms with van der Waals surface area (Å²) in [5.41, 5.74) is 2.12. The van der Waals surface area contributed by atoms with E-state index in [-0.39, 0.29) is 6.04 Å². The Hall–Kier alpha value is -0.800. The van der Waals surface area contributed by atoms with Crippen molar-refractivity contribution in [2.45, 2.75) is 12.5 Å². The molecule has 1 N–H and O–H groups in total. The third kappa shape index (κ3) is 3.61. The van der Waals surface area contributed by atoms with Gasteiger partial charge in [-0.25, -0.2) is 0 Å². The second kappa shape index (κ2) is 6.58. The topological polar surface area (TPSA) is 24.9 Å². The molecule has 0 aliphatic carbocycles. The number of halogens is 3. The summed E-state index contributed by atoms with van der Waals surface area (Å²) in [4.78, 5) is 3.99. The van der Waals surface area contributed by atoms with E-state index >= 15 is 0 Å². The molecule has 1 atom stereocenters. The lowest BCUT2D eigenvalue weighted by Gasteiger charge is -2.18. The maximum atomic E-state index is 6.13. The Bertz CT molecular complexity index is 572. The van der Waals surface area contributed by atoms with Gasteiger partial charge in [0.1, 0.15) is 0 Å². The van der Waals surface area contributed by atoms with E-state index in [1.54, 1.807) is 18.5 Å². The van der Waals surface area contributed by atoms with Gasteiger partial charge in [0.2, 0.25) is 0 Å². The maximum Gasteiger partial charge on any atom is 0.0622 e. The number of aromatic nitrogens is 1. The van der Waals surface area contributed by atoms with Gasteiger partial charge in [0.15, 0.2) is 0 Å². The molecule has 100 valence electrons. The lowest BCUT2D eigenvalue weighted by molar-refractivity contribution is 0.592. The van der Waals surface area contributed by atoms with Gasteiger partial charge in [-0.3, -0.25) is 4.98 Å². The largest absolute Gasteiger partial charge is 0.313 e. The molecule has 0 aliphatic heterocycles. The average Bonchev–Trinajstić information content (AvgIpc) is 2.41. The molecule has 2 aromatic rings. The van der Waals surface area contributed by atoms with Crippen molar-refractivity contribution in [3.8, 4) is 0 Å². The molecular formula is C14H13Cl3N2. The minimum atomic E-state index is 0.120. The molecule has 0 radical (unpaired) electrons. The molecule has 1 heterocycles. The zero-order valence-corrected chi connectivity index (χ0v) is 12.6. The van der Waals surface area contributed by atoms with Crippen LogP contribution in [0.3, 0.4) is 0 Å². The molecule has 0 spiro atoms. The van der Waals surface area contributed by atoms with E-state index in [1.165, 1.54) is 0 Å². The number of pyridine rings is 1. The Labute approximate surface area is 127 Å². The van der Waals surface area contributed by atoms with Gasteiger partial charge in [-0.2, -0.15) is 0 Å². The van der Waals surface area contributed by atoms with Crippen molar-refractivity contribution >= 4 is 34.8 Å². The highest BCUT2D eigenvalue weighted by Gasteiger charge is 2.13. The third-order valence-corrected chi connectivity index (χ3v) is 4.05. The Morgan fingerprint density at radius 2 is 1.89 bits per heavy atom. The summed E-state index contributed by atoms with van der Waals surface area (Å²) in [7, 11) is 1.91. The first-order valence-electron chi connectivity index (χ1n) is 5.82. The van der Waals surface area contributed by atoms with Crippen LogP contribution in [0.1, 0.15) is 17.2 Å². The van der Waals surface area contributed by atoms with Gasteiger partial charge in [0.05, 0.1) is 15.1 Å². The molecule has 5 heteroatoms. The SMILES string of the molecule is CNC(Cc1ccncc1Cl)c1ccc(Cl)c(Cl)c1. The van der Waals surface area contributed by atoms with Crippen LogP contribution in [0, 0.1) is 0 Å². The highest BCUT2D eigenvalue weighted by atomic mass is 35.5. The molecule has 1 aromatic heterocycles. The summed E-state index contributed by atoms with van der Waals surface area (Å²) < 4.78 is 0. The van der Waals surface area contributed by atoms with Crippen molar-refractivity contribution < 1.29 is 0 Å². The van der Waals surface area contributed by atoms with Gasteiger partial charge in [-0.1, -0.05) is 40.9 Å². The van der Waals surface area contributed by atoms with E-state index in [1.807, 2.05) is 25.2 Å². The van der Waals surface area contributed by atoms with Crippen molar-refractivity contribution in [3.05, 3.63) is 62.9 Å². The number of likely N-dealkylation sites (N-methyl/N-ethyl adjacent to an activating group) is 1. The number of hydrogen-bond acceptors (Lipinski definition) is 2. The van der Waals surface area contributed by atoms with Crippen LogP contribution in [0.4, 0.5) is 0 Å². The van der Waals surface area contributed by atoms with Crippen molar-refractivity contribution in [2.75, 3.05) is 7.05 Å². The summed E-state index contributed by atoms with van der Waals surface area (Å²) in [5, 5.41) is 5.04. The Morgan fingerprint density at radius 1 is 1.11 bits per heavy atom. The molecule has 1 unspecified atom stereocenters. The molecular weight excluding hydrogens is 303 g/mol. The summed E-state index contributed by atoms with van der Waals surface area (Å²) in [6, 6.07) is 7.68. The molecule has 0 fully saturated rings. The second-order valence-electron chi connectivity index (χ2n) is 4.19. The first kappa shape index (κ1) is 14.6. The number of nitrogens with one attached hydrogen (secondary N) is 1. The van der Waals surface area contributed by atoms with Gasteiger partial charge in [0, 0.05) is 18.4 Å². The zero-order chi connectivity index (χ0) is 13.8. The summed E-state index contributed by atoms with van der Waals surface area (Å²) in [6.45, 7) is 0. The molecule has 0 bridgehead atoms. The van der Waals surface area contributed by atoms with Gasteiger partial charge < -0.3 is 5.32 Å². The third-order valence-electron chi connectivity index (χ3n) is 2.97. The average molecular weight is 316 g/mol. The lowest BCUT2D eigenvalue weighted by atomic mass is 10.00. The molecule has 2 nitrogen and oxygen atoms in total. The van der Waals surface area contributed by atoms with E-state index in [0.717, 1.165) is 17.5 Å². The van der Waals surface area contributed by atoms with Crippen LogP contribution < -0.4 is 5.32 Å². The van der Waals surface area contributed by atoms with Crippen LogP contribution in [0.25, 0.3) is 0 Å². The van der Waals surface area contributed by atoms with E-state index in [2.05, 4.69) is 10.3 Å². The number of benzene rings is 1. The Kier molecular flexibility index (Phi) is 5.06. The minimum Gasteiger partial charge on any atom is -0.313 e. The van der Waals surface area contributed by atoms with Gasteiger partial charge in [-0.05, 0) is 42.8 Å². The summed E-state index contributed by atoms with van der Waals surface area (Å²) in [5.74, 6) is 0. The molecule has 1 aromatic carbocycles. The summed E-state index contributed by atoms with van der Waals surface area (Å²) >= 11 is 18.1. The fraction of sp³-hybridized carbons (Fsp3) is 0.214. The molecule has 0 amide bonds. The Morgan fingerprint density at radius 3 is 2.53 bits per heavy atom. The van der Waals surface area contributed by atoms with Crippen LogP contribution in [-0.2, 0) is 6.42 Å². The normalized spacial score (nSPS) is 12.4. The van der Waals surface area contributed by atoms with E-state index in [9.17, 15) is 0 Å². The van der Waals surface area contributed by atoms with Crippen molar-refractivity contribution in [1.82, 2.24) is 10.3 Å². The van der Waals surface area contributed by atoms with Gasteiger partial charge in [-0.15, -0.1) is 0 Å². The smallest absolute Gasteiger partial charge is 0.0622 e. The predicted molar refractivity (Wildman–Crippen MR) is 81.2 cm³/mol. The van der Waals surface area contributed by atoms with Crippen molar-refractivity contribution in [3.63, 3.8) is 0 Å². The highest BCUT2D eigenvalue weighted by Crippen LogP contribution is 2.28. The van der Waals surface area contributed by atoms with Crippen LogP contribution in [0.15, 0.2) is 36.7 Å². The first-order valence-corrected chi connectivity index (χ1v) is 6.96. The standard InChI is InChI=1S/C14H13Cl3N2/c1-18-14(7-9-4-5-19-8-13(9)17)10-2-3-11(15)12(16)6-10/h2-6,8,14,18H,7H2,1H3. The quantitative estimate of drug-likeness (QED) is 0.895.